The molecule has 0 spiro atoms. The molecule has 0 radical (unpaired) electrons. The van der Waals surface area contributed by atoms with Gasteiger partial charge in [0.15, 0.2) is 5.65 Å². The van der Waals surface area contributed by atoms with Gasteiger partial charge >= 0.3 is 0 Å². The van der Waals surface area contributed by atoms with Gasteiger partial charge < -0.3 is 4.57 Å². The van der Waals surface area contributed by atoms with Crippen molar-refractivity contribution in [1.82, 2.24) is 19.3 Å². The topological polar surface area (TPSA) is 35.6 Å². The third kappa shape index (κ3) is 2.29. The van der Waals surface area contributed by atoms with Gasteiger partial charge in [-0.1, -0.05) is 0 Å². The van der Waals surface area contributed by atoms with Gasteiger partial charge in [0.1, 0.15) is 11.3 Å². The Morgan fingerprint density at radius 3 is 2.80 bits per heavy atom. The lowest BCUT2D eigenvalue weighted by Gasteiger charge is -2.09. The van der Waals surface area contributed by atoms with Gasteiger partial charge in [0.05, 0.1) is 21.4 Å². The van der Waals surface area contributed by atoms with E-state index in [4.69, 9.17) is 11.6 Å². The van der Waals surface area contributed by atoms with E-state index < -0.39 is 0 Å². The van der Waals surface area contributed by atoms with Crippen molar-refractivity contribution in [1.29, 1.82) is 0 Å². The number of nitrogens with zero attached hydrogens (tertiary/aromatic N) is 4. The van der Waals surface area contributed by atoms with Crippen LogP contribution in [0.1, 0.15) is 28.7 Å². The average molecular weight is 374 g/mol. The summed E-state index contributed by atoms with van der Waals surface area (Å²) < 4.78 is 5.17. The van der Waals surface area contributed by atoms with Gasteiger partial charge in [-0.25, -0.2) is 4.98 Å². The van der Waals surface area contributed by atoms with Crippen LogP contribution in [0.15, 0.2) is 15.9 Å². The van der Waals surface area contributed by atoms with Crippen molar-refractivity contribution < 1.29 is 0 Å². The minimum absolute atomic E-state index is 0.134. The fourth-order valence-corrected chi connectivity index (χ4v) is 4.04. The average Bonchev–Trinajstić information content (AvgIpc) is 3.00. The molecule has 20 heavy (non-hydrogen) atoms. The van der Waals surface area contributed by atoms with Crippen LogP contribution in [-0.2, 0) is 13.6 Å². The van der Waals surface area contributed by atoms with E-state index in [0.717, 1.165) is 33.0 Å². The second-order valence-corrected chi connectivity index (χ2v) is 7.96. The summed E-state index contributed by atoms with van der Waals surface area (Å²) in [6.45, 7) is 4.69. The minimum Gasteiger partial charge on any atom is -0.306 e. The van der Waals surface area contributed by atoms with E-state index in [1.54, 1.807) is 11.3 Å². The van der Waals surface area contributed by atoms with Crippen molar-refractivity contribution in [3.05, 3.63) is 32.3 Å². The van der Waals surface area contributed by atoms with E-state index in [2.05, 4.69) is 42.7 Å². The Labute approximate surface area is 134 Å². The van der Waals surface area contributed by atoms with Crippen LogP contribution >= 0.6 is 38.9 Å². The summed E-state index contributed by atoms with van der Waals surface area (Å²) in [5, 5.41) is 4.31. The lowest BCUT2D eigenvalue weighted by molar-refractivity contribution is 0.691. The van der Waals surface area contributed by atoms with E-state index in [1.807, 2.05) is 25.6 Å². The molecular weight excluding hydrogens is 360 g/mol. The minimum atomic E-state index is -0.134. The van der Waals surface area contributed by atoms with E-state index in [0.29, 0.717) is 0 Å². The molecule has 0 aliphatic heterocycles. The molecule has 106 valence electrons. The Morgan fingerprint density at radius 1 is 1.45 bits per heavy atom. The van der Waals surface area contributed by atoms with Crippen LogP contribution in [0, 0.1) is 6.92 Å². The summed E-state index contributed by atoms with van der Waals surface area (Å²) in [5.74, 6) is 0.891. The van der Waals surface area contributed by atoms with Crippen LogP contribution in [0.4, 0.5) is 0 Å². The second kappa shape index (κ2) is 5.16. The molecule has 1 unspecified atom stereocenters. The molecule has 0 aliphatic carbocycles. The number of fused-ring (bicyclic) bond motifs is 1. The standard InChI is InChI=1S/C13H14BrClN4S/c1-7(15)12-16-11-8(2)17-18(3)13(11)19(12)6-9-4-5-10(14)20-9/h4-5,7H,6H2,1-3H3. The maximum atomic E-state index is 6.29. The fourth-order valence-electron chi connectivity index (χ4n) is 2.40. The summed E-state index contributed by atoms with van der Waals surface area (Å²) in [6.07, 6.45) is 0. The monoisotopic (exact) mass is 372 g/mol. The zero-order valence-electron chi connectivity index (χ0n) is 11.4. The quantitative estimate of drug-likeness (QED) is 0.643. The van der Waals surface area contributed by atoms with Crippen molar-refractivity contribution >= 4 is 50.0 Å². The molecular formula is C13H14BrClN4S. The van der Waals surface area contributed by atoms with Gasteiger partial charge in [-0.3, -0.25) is 4.68 Å². The van der Waals surface area contributed by atoms with Gasteiger partial charge in [-0.05, 0) is 41.9 Å². The predicted molar refractivity (Wildman–Crippen MR) is 86.6 cm³/mol. The normalized spacial score (nSPS) is 13.2. The number of hydrogen-bond acceptors (Lipinski definition) is 3. The van der Waals surface area contributed by atoms with Crippen LogP contribution in [0.25, 0.3) is 11.2 Å². The molecule has 0 N–H and O–H groups in total. The van der Waals surface area contributed by atoms with Crippen molar-refractivity contribution in [2.24, 2.45) is 7.05 Å². The molecule has 0 saturated carbocycles. The first-order chi connectivity index (χ1) is 9.47. The molecule has 0 aromatic carbocycles. The highest BCUT2D eigenvalue weighted by Gasteiger charge is 2.20. The molecule has 0 fully saturated rings. The molecule has 3 heterocycles. The van der Waals surface area contributed by atoms with Crippen LogP contribution in [0.3, 0.4) is 0 Å². The molecule has 0 saturated heterocycles. The number of rotatable bonds is 3. The number of halogens is 2. The Morgan fingerprint density at radius 2 is 2.20 bits per heavy atom. The summed E-state index contributed by atoms with van der Waals surface area (Å²) in [4.78, 5) is 5.93. The first kappa shape index (κ1) is 14.1. The summed E-state index contributed by atoms with van der Waals surface area (Å²) in [6, 6.07) is 4.18. The molecule has 0 bridgehead atoms. The Bertz CT molecular complexity index is 771. The molecule has 3 aromatic heterocycles. The molecule has 3 rings (SSSR count). The highest BCUT2D eigenvalue weighted by Crippen LogP contribution is 2.29. The summed E-state index contributed by atoms with van der Waals surface area (Å²) in [5.41, 5.74) is 2.90. The lowest BCUT2D eigenvalue weighted by Crippen LogP contribution is -2.08. The second-order valence-electron chi connectivity index (χ2n) is 4.76. The van der Waals surface area contributed by atoms with Gasteiger partial charge in [0.25, 0.3) is 0 Å². The van der Waals surface area contributed by atoms with Crippen molar-refractivity contribution in [3.63, 3.8) is 0 Å². The number of hydrogen-bond donors (Lipinski definition) is 0. The zero-order chi connectivity index (χ0) is 14.4. The number of imidazole rings is 1. The lowest BCUT2D eigenvalue weighted by atomic mass is 10.4. The highest BCUT2D eigenvalue weighted by molar-refractivity contribution is 9.11. The van der Waals surface area contributed by atoms with E-state index >= 15 is 0 Å². The first-order valence-electron chi connectivity index (χ1n) is 6.25. The smallest absolute Gasteiger partial charge is 0.159 e. The third-order valence-electron chi connectivity index (χ3n) is 3.22. The van der Waals surface area contributed by atoms with Crippen molar-refractivity contribution in [2.75, 3.05) is 0 Å². The molecule has 0 aliphatic rings. The fraction of sp³-hybridized carbons (Fsp3) is 0.385. The summed E-state index contributed by atoms with van der Waals surface area (Å²) in [7, 11) is 1.94. The number of thiophene rings is 1. The first-order valence-corrected chi connectivity index (χ1v) is 8.30. The Balaban J connectivity index is 2.18. The molecule has 4 nitrogen and oxygen atoms in total. The Kier molecular flexibility index (Phi) is 3.64. The Hall–Kier alpha value is -0.850. The maximum absolute atomic E-state index is 6.29. The summed E-state index contributed by atoms with van der Waals surface area (Å²) >= 11 is 11.5. The number of aryl methyl sites for hydroxylation is 2. The molecule has 3 aromatic rings. The molecule has 1 atom stereocenters. The van der Waals surface area contributed by atoms with Crippen LogP contribution in [0.2, 0.25) is 0 Å². The third-order valence-corrected chi connectivity index (χ3v) is 5.02. The van der Waals surface area contributed by atoms with Gasteiger partial charge in [-0.2, -0.15) is 5.10 Å². The van der Waals surface area contributed by atoms with E-state index in [1.165, 1.54) is 4.88 Å². The maximum Gasteiger partial charge on any atom is 0.159 e. The highest BCUT2D eigenvalue weighted by atomic mass is 79.9. The largest absolute Gasteiger partial charge is 0.306 e. The molecule has 7 heteroatoms. The van der Waals surface area contributed by atoms with Crippen molar-refractivity contribution in [2.45, 2.75) is 25.8 Å². The van der Waals surface area contributed by atoms with Gasteiger partial charge in [0, 0.05) is 11.9 Å². The predicted octanol–water partition coefficient (Wildman–Crippen LogP) is 4.25. The molecule has 0 amide bonds. The van der Waals surface area contributed by atoms with Crippen molar-refractivity contribution in [3.8, 4) is 0 Å². The number of aromatic nitrogens is 4. The van der Waals surface area contributed by atoms with Crippen LogP contribution in [-0.4, -0.2) is 19.3 Å². The van der Waals surface area contributed by atoms with Gasteiger partial charge in [0.2, 0.25) is 0 Å². The SMILES string of the molecule is Cc1nn(C)c2c1nc(C(C)Cl)n2Cc1ccc(Br)s1. The van der Waals surface area contributed by atoms with Crippen LogP contribution < -0.4 is 0 Å². The zero-order valence-corrected chi connectivity index (χ0v) is 14.6. The van der Waals surface area contributed by atoms with Gasteiger partial charge in [-0.15, -0.1) is 22.9 Å². The van der Waals surface area contributed by atoms with E-state index in [9.17, 15) is 0 Å². The number of alkyl halides is 1. The van der Waals surface area contributed by atoms with Crippen LogP contribution in [0.5, 0.6) is 0 Å². The van der Waals surface area contributed by atoms with E-state index in [-0.39, 0.29) is 5.38 Å².